The van der Waals surface area contributed by atoms with Crippen molar-refractivity contribution in [2.45, 2.75) is 19.0 Å². The fraction of sp³-hybridized carbons (Fsp3) is 0.161. The van der Waals surface area contributed by atoms with E-state index in [1.54, 1.807) is 29.2 Å². The second-order valence-electron chi connectivity index (χ2n) is 8.57. The number of ether oxygens (including phenoxy) is 1. The molecular formula is C31H29ClN2O3. The van der Waals surface area contributed by atoms with Crippen molar-refractivity contribution >= 4 is 23.4 Å². The Morgan fingerprint density at radius 3 is 1.97 bits per heavy atom. The van der Waals surface area contributed by atoms with Crippen LogP contribution in [-0.4, -0.2) is 29.9 Å². The topological polar surface area (TPSA) is 58.6 Å². The number of para-hydroxylation sites is 1. The van der Waals surface area contributed by atoms with Crippen LogP contribution in [0.3, 0.4) is 0 Å². The number of carbonyl (C=O) groups is 2. The Morgan fingerprint density at radius 1 is 0.757 bits per heavy atom. The molecule has 0 saturated carbocycles. The minimum absolute atomic E-state index is 0.246. The quantitative estimate of drug-likeness (QED) is 0.274. The molecule has 0 bridgehead atoms. The van der Waals surface area contributed by atoms with Gasteiger partial charge in [-0.15, -0.1) is 0 Å². The summed E-state index contributed by atoms with van der Waals surface area (Å²) in [5.41, 5.74) is 2.76. The Bertz CT molecular complexity index is 1280. The van der Waals surface area contributed by atoms with Crippen LogP contribution in [0.4, 0.5) is 0 Å². The van der Waals surface area contributed by atoms with E-state index < -0.39 is 6.04 Å². The first kappa shape index (κ1) is 26.0. The van der Waals surface area contributed by atoms with Crippen molar-refractivity contribution in [1.82, 2.24) is 10.2 Å². The number of nitrogens with zero attached hydrogens (tertiary/aromatic N) is 1. The Hall–Kier alpha value is -4.09. The van der Waals surface area contributed by atoms with Crippen LogP contribution in [0.5, 0.6) is 5.75 Å². The largest absolute Gasteiger partial charge is 0.482 e. The first-order valence-electron chi connectivity index (χ1n) is 12.2. The van der Waals surface area contributed by atoms with Gasteiger partial charge in [0.25, 0.3) is 5.91 Å². The van der Waals surface area contributed by atoms with Gasteiger partial charge in [-0.2, -0.15) is 0 Å². The number of amides is 2. The van der Waals surface area contributed by atoms with Gasteiger partial charge in [0.1, 0.15) is 11.8 Å². The van der Waals surface area contributed by atoms with Crippen molar-refractivity contribution in [3.63, 3.8) is 0 Å². The summed E-state index contributed by atoms with van der Waals surface area (Å²) in [6, 6.07) is 35.1. The van der Waals surface area contributed by atoms with Crippen molar-refractivity contribution < 1.29 is 14.3 Å². The number of nitrogens with one attached hydrogen (secondary N) is 1. The SMILES string of the molecule is O=C(NCCc1ccccc1)C(c1ccccc1)N(Cc1ccccc1)C(=O)COc1ccccc1Cl. The van der Waals surface area contributed by atoms with Gasteiger partial charge in [0.05, 0.1) is 5.02 Å². The van der Waals surface area contributed by atoms with Gasteiger partial charge in [-0.3, -0.25) is 9.59 Å². The summed E-state index contributed by atoms with van der Waals surface area (Å²) in [5, 5.41) is 3.46. The minimum Gasteiger partial charge on any atom is -0.482 e. The molecule has 0 aliphatic heterocycles. The fourth-order valence-corrected chi connectivity index (χ4v) is 4.26. The summed E-state index contributed by atoms with van der Waals surface area (Å²) in [5.74, 6) is -0.152. The third-order valence-corrected chi connectivity index (χ3v) is 6.25. The predicted octanol–water partition coefficient (Wildman–Crippen LogP) is 5.85. The van der Waals surface area contributed by atoms with Gasteiger partial charge >= 0.3 is 0 Å². The lowest BCUT2D eigenvalue weighted by Crippen LogP contribution is -2.45. The Kier molecular flexibility index (Phi) is 9.33. The molecule has 0 radical (unpaired) electrons. The summed E-state index contributed by atoms with van der Waals surface area (Å²) >= 11 is 6.22. The lowest BCUT2D eigenvalue weighted by molar-refractivity contribution is -0.143. The summed E-state index contributed by atoms with van der Waals surface area (Å²) in [6.45, 7) is 0.449. The number of halogens is 1. The van der Waals surface area contributed by atoms with Crippen molar-refractivity contribution in [3.8, 4) is 5.75 Å². The number of rotatable bonds is 11. The van der Waals surface area contributed by atoms with Crippen LogP contribution in [0.15, 0.2) is 115 Å². The predicted molar refractivity (Wildman–Crippen MR) is 146 cm³/mol. The van der Waals surface area contributed by atoms with Crippen LogP contribution in [0.2, 0.25) is 5.02 Å². The summed E-state index contributed by atoms with van der Waals surface area (Å²) < 4.78 is 5.77. The molecule has 0 aliphatic rings. The molecule has 0 saturated heterocycles. The van der Waals surface area contributed by atoms with Crippen LogP contribution in [0.1, 0.15) is 22.7 Å². The molecular weight excluding hydrogens is 484 g/mol. The molecule has 0 aliphatic carbocycles. The monoisotopic (exact) mass is 512 g/mol. The van der Waals surface area contributed by atoms with E-state index in [4.69, 9.17) is 16.3 Å². The molecule has 1 unspecified atom stereocenters. The van der Waals surface area contributed by atoms with E-state index in [0.29, 0.717) is 23.7 Å². The van der Waals surface area contributed by atoms with Crippen LogP contribution in [-0.2, 0) is 22.6 Å². The maximum atomic E-state index is 13.6. The maximum absolute atomic E-state index is 13.6. The molecule has 0 heterocycles. The van der Waals surface area contributed by atoms with Gasteiger partial charge in [-0.1, -0.05) is 115 Å². The number of hydrogen-bond donors (Lipinski definition) is 1. The molecule has 4 aromatic rings. The van der Waals surface area contributed by atoms with Crippen LogP contribution < -0.4 is 10.1 Å². The van der Waals surface area contributed by atoms with E-state index in [-0.39, 0.29) is 25.0 Å². The van der Waals surface area contributed by atoms with Crippen LogP contribution >= 0.6 is 11.6 Å². The Labute approximate surface area is 222 Å². The van der Waals surface area contributed by atoms with Gasteiger partial charge < -0.3 is 15.0 Å². The van der Waals surface area contributed by atoms with E-state index in [0.717, 1.165) is 16.7 Å². The minimum atomic E-state index is -0.834. The molecule has 0 spiro atoms. The maximum Gasteiger partial charge on any atom is 0.261 e. The number of carbonyl (C=O) groups excluding carboxylic acids is 2. The third kappa shape index (κ3) is 7.45. The number of hydrogen-bond acceptors (Lipinski definition) is 3. The molecule has 4 aromatic carbocycles. The van der Waals surface area contributed by atoms with E-state index in [2.05, 4.69) is 5.32 Å². The highest BCUT2D eigenvalue weighted by Gasteiger charge is 2.31. The molecule has 1 N–H and O–H groups in total. The third-order valence-electron chi connectivity index (χ3n) is 5.93. The lowest BCUT2D eigenvalue weighted by atomic mass is 10.0. The Balaban J connectivity index is 1.58. The lowest BCUT2D eigenvalue weighted by Gasteiger charge is -2.31. The standard InChI is InChI=1S/C31H29ClN2O3/c32-27-18-10-11-19-28(27)37-23-29(35)34(22-25-14-6-2-7-15-25)30(26-16-8-3-9-17-26)31(36)33-21-20-24-12-4-1-5-13-24/h1-19,30H,20-23H2,(H,33,36). The highest BCUT2D eigenvalue weighted by Crippen LogP contribution is 2.26. The molecule has 5 nitrogen and oxygen atoms in total. The number of benzene rings is 4. The van der Waals surface area contributed by atoms with Gasteiger partial charge in [0, 0.05) is 13.1 Å². The molecule has 0 fully saturated rings. The van der Waals surface area contributed by atoms with Crippen molar-refractivity contribution in [3.05, 3.63) is 137 Å². The zero-order valence-corrected chi connectivity index (χ0v) is 21.2. The van der Waals surface area contributed by atoms with Crippen LogP contribution in [0.25, 0.3) is 0 Å². The van der Waals surface area contributed by atoms with Crippen molar-refractivity contribution in [2.75, 3.05) is 13.2 Å². The van der Waals surface area contributed by atoms with Gasteiger partial charge in [-0.25, -0.2) is 0 Å². The van der Waals surface area contributed by atoms with Gasteiger partial charge in [0.2, 0.25) is 5.91 Å². The summed E-state index contributed by atoms with van der Waals surface area (Å²) in [4.78, 5) is 28.8. The highest BCUT2D eigenvalue weighted by atomic mass is 35.5. The van der Waals surface area contributed by atoms with Gasteiger partial charge in [-0.05, 0) is 35.2 Å². The molecule has 6 heteroatoms. The summed E-state index contributed by atoms with van der Waals surface area (Å²) in [7, 11) is 0. The zero-order valence-electron chi connectivity index (χ0n) is 20.4. The fourth-order valence-electron chi connectivity index (χ4n) is 4.07. The Morgan fingerprint density at radius 2 is 1.32 bits per heavy atom. The molecule has 2 amide bonds. The average Bonchev–Trinajstić information content (AvgIpc) is 2.94. The van der Waals surface area contributed by atoms with E-state index in [9.17, 15) is 9.59 Å². The smallest absolute Gasteiger partial charge is 0.261 e. The van der Waals surface area contributed by atoms with E-state index in [1.165, 1.54) is 0 Å². The van der Waals surface area contributed by atoms with Crippen LogP contribution in [0, 0.1) is 0 Å². The normalized spacial score (nSPS) is 11.4. The molecule has 188 valence electrons. The first-order chi connectivity index (χ1) is 18.1. The van der Waals surface area contributed by atoms with Crippen molar-refractivity contribution in [1.29, 1.82) is 0 Å². The molecule has 4 rings (SSSR count). The zero-order chi connectivity index (χ0) is 25.9. The second-order valence-corrected chi connectivity index (χ2v) is 8.97. The molecule has 1 atom stereocenters. The van der Waals surface area contributed by atoms with Gasteiger partial charge in [0.15, 0.2) is 6.61 Å². The van der Waals surface area contributed by atoms with E-state index in [1.807, 2.05) is 91.0 Å². The second kappa shape index (κ2) is 13.3. The molecule has 37 heavy (non-hydrogen) atoms. The van der Waals surface area contributed by atoms with Crippen molar-refractivity contribution in [2.24, 2.45) is 0 Å². The molecule has 0 aromatic heterocycles. The average molecular weight is 513 g/mol. The first-order valence-corrected chi connectivity index (χ1v) is 12.6. The summed E-state index contributed by atoms with van der Waals surface area (Å²) in [6.07, 6.45) is 0.691. The highest BCUT2D eigenvalue weighted by molar-refractivity contribution is 6.32. The van der Waals surface area contributed by atoms with E-state index >= 15 is 0 Å².